The maximum atomic E-state index is 10.6. The lowest BCUT2D eigenvalue weighted by molar-refractivity contribution is -0.138. The minimum atomic E-state index is -1.07. The van der Waals surface area contributed by atoms with Gasteiger partial charge in [0.25, 0.3) is 0 Å². The quantitative estimate of drug-likeness (QED) is 0.734. The van der Waals surface area contributed by atoms with Gasteiger partial charge in [-0.05, 0) is 12.5 Å². The van der Waals surface area contributed by atoms with Crippen LogP contribution in [0.25, 0.3) is 0 Å². The summed E-state index contributed by atoms with van der Waals surface area (Å²) < 4.78 is 4.89. The number of aryl methyl sites for hydroxylation is 1. The molecule has 1 aromatic heterocycles. The van der Waals surface area contributed by atoms with Gasteiger partial charge in [0.15, 0.2) is 0 Å². The number of rotatable bonds is 3. The topological polar surface area (TPSA) is 85.4 Å². The number of pyridine rings is 1. The number of nitrogens with zero attached hydrogens (tertiary/aromatic N) is 1. The number of carboxylic acid groups (broad SMARTS) is 1. The number of hydrogen-bond acceptors (Lipinski definition) is 4. The highest BCUT2D eigenvalue weighted by Gasteiger charge is 2.17. The average Bonchev–Trinajstić information content (AvgIpc) is 2.16. The Morgan fingerprint density at radius 3 is 2.79 bits per heavy atom. The van der Waals surface area contributed by atoms with Gasteiger partial charge in [0.1, 0.15) is 6.04 Å². The Morgan fingerprint density at radius 2 is 2.36 bits per heavy atom. The van der Waals surface area contributed by atoms with Crippen molar-refractivity contribution in [2.24, 2.45) is 5.73 Å². The highest BCUT2D eigenvalue weighted by atomic mass is 16.5. The molecule has 1 atom stereocenters. The first-order valence-electron chi connectivity index (χ1n) is 4.05. The summed E-state index contributed by atoms with van der Waals surface area (Å²) in [5.41, 5.74) is 6.70. The standard InChI is InChI=1S/C9H12N2O3/c1-5-3-7(14-2)11-4-6(5)8(10)9(12)13/h3-4,8H,10H2,1-2H3,(H,12,13)/t8-/m0/s1. The molecule has 0 saturated heterocycles. The van der Waals surface area contributed by atoms with Gasteiger partial charge in [-0.25, -0.2) is 4.98 Å². The largest absolute Gasteiger partial charge is 0.481 e. The van der Waals surface area contributed by atoms with Crippen LogP contribution in [0.2, 0.25) is 0 Å². The predicted octanol–water partition coefficient (Wildman–Crippen LogP) is 0.483. The van der Waals surface area contributed by atoms with Gasteiger partial charge in [-0.2, -0.15) is 0 Å². The lowest BCUT2D eigenvalue weighted by Gasteiger charge is -2.10. The Balaban J connectivity index is 3.05. The van der Waals surface area contributed by atoms with E-state index in [0.29, 0.717) is 11.4 Å². The fourth-order valence-corrected chi connectivity index (χ4v) is 1.11. The molecule has 0 saturated carbocycles. The third-order valence-electron chi connectivity index (χ3n) is 1.94. The van der Waals surface area contributed by atoms with Crippen LogP contribution in [0.15, 0.2) is 12.3 Å². The first-order valence-corrected chi connectivity index (χ1v) is 4.05. The summed E-state index contributed by atoms with van der Waals surface area (Å²) in [5, 5.41) is 8.70. The molecule has 1 rings (SSSR count). The van der Waals surface area contributed by atoms with Crippen LogP contribution in [-0.2, 0) is 4.79 Å². The maximum Gasteiger partial charge on any atom is 0.325 e. The molecule has 5 nitrogen and oxygen atoms in total. The zero-order chi connectivity index (χ0) is 10.7. The molecule has 3 N–H and O–H groups in total. The highest BCUT2D eigenvalue weighted by molar-refractivity contribution is 5.75. The number of aliphatic carboxylic acids is 1. The summed E-state index contributed by atoms with van der Waals surface area (Å²) in [6.07, 6.45) is 1.42. The van der Waals surface area contributed by atoms with Crippen LogP contribution in [0.5, 0.6) is 5.88 Å². The third-order valence-corrected chi connectivity index (χ3v) is 1.94. The Kier molecular flexibility index (Phi) is 3.03. The number of hydrogen-bond donors (Lipinski definition) is 2. The van der Waals surface area contributed by atoms with E-state index in [4.69, 9.17) is 15.6 Å². The fourth-order valence-electron chi connectivity index (χ4n) is 1.11. The van der Waals surface area contributed by atoms with Crippen LogP contribution >= 0.6 is 0 Å². The lowest BCUT2D eigenvalue weighted by atomic mass is 10.1. The second-order valence-electron chi connectivity index (χ2n) is 2.90. The van der Waals surface area contributed by atoms with Crippen LogP contribution in [-0.4, -0.2) is 23.2 Å². The summed E-state index contributed by atoms with van der Waals surface area (Å²) in [6, 6.07) is 0.617. The molecule has 14 heavy (non-hydrogen) atoms. The molecule has 1 heterocycles. The Morgan fingerprint density at radius 1 is 1.71 bits per heavy atom. The smallest absolute Gasteiger partial charge is 0.325 e. The molecule has 0 fully saturated rings. The van der Waals surface area contributed by atoms with E-state index in [1.165, 1.54) is 13.3 Å². The SMILES string of the molecule is COc1cc(C)c([C@H](N)C(=O)O)cn1. The summed E-state index contributed by atoms with van der Waals surface area (Å²) in [4.78, 5) is 14.5. The van der Waals surface area contributed by atoms with Crippen molar-refractivity contribution in [2.75, 3.05) is 7.11 Å². The molecule has 5 heteroatoms. The Labute approximate surface area is 81.5 Å². The molecule has 76 valence electrons. The number of nitrogens with two attached hydrogens (primary N) is 1. The molecule has 0 radical (unpaired) electrons. The van der Waals surface area contributed by atoms with E-state index in [-0.39, 0.29) is 0 Å². The normalized spacial score (nSPS) is 12.2. The summed E-state index contributed by atoms with van der Waals surface area (Å²) in [5.74, 6) is -0.621. The average molecular weight is 196 g/mol. The van der Waals surface area contributed by atoms with Gasteiger partial charge in [-0.1, -0.05) is 0 Å². The number of carbonyl (C=O) groups is 1. The highest BCUT2D eigenvalue weighted by Crippen LogP contribution is 2.18. The molecule has 0 unspecified atom stereocenters. The minimum absolute atomic E-state index is 0.448. The molecule has 0 aliphatic rings. The third kappa shape index (κ3) is 2.00. The van der Waals surface area contributed by atoms with Gasteiger partial charge in [0.05, 0.1) is 7.11 Å². The van der Waals surface area contributed by atoms with E-state index in [2.05, 4.69) is 4.98 Å². The van der Waals surface area contributed by atoms with Crippen molar-refractivity contribution in [3.05, 3.63) is 23.4 Å². The second-order valence-corrected chi connectivity index (χ2v) is 2.90. The molecular formula is C9H12N2O3. The van der Waals surface area contributed by atoms with Crippen molar-refractivity contribution < 1.29 is 14.6 Å². The van der Waals surface area contributed by atoms with Crippen LogP contribution in [0, 0.1) is 6.92 Å². The van der Waals surface area contributed by atoms with Crippen LogP contribution in [0.3, 0.4) is 0 Å². The van der Waals surface area contributed by atoms with Gasteiger partial charge < -0.3 is 15.6 Å². The monoisotopic (exact) mass is 196 g/mol. The molecule has 0 spiro atoms. The summed E-state index contributed by atoms with van der Waals surface area (Å²) in [6.45, 7) is 1.77. The predicted molar refractivity (Wildman–Crippen MR) is 50.1 cm³/mol. The Bertz CT molecular complexity index is 352. The molecular weight excluding hydrogens is 184 g/mol. The van der Waals surface area contributed by atoms with Crippen molar-refractivity contribution in [2.45, 2.75) is 13.0 Å². The van der Waals surface area contributed by atoms with Gasteiger partial charge in [0.2, 0.25) is 5.88 Å². The van der Waals surface area contributed by atoms with Gasteiger partial charge in [-0.15, -0.1) is 0 Å². The summed E-state index contributed by atoms with van der Waals surface area (Å²) in [7, 11) is 1.50. The fraction of sp³-hybridized carbons (Fsp3) is 0.333. The van der Waals surface area contributed by atoms with E-state index < -0.39 is 12.0 Å². The number of carboxylic acids is 1. The van der Waals surface area contributed by atoms with Crippen molar-refractivity contribution in [1.82, 2.24) is 4.98 Å². The maximum absolute atomic E-state index is 10.6. The lowest BCUT2D eigenvalue weighted by Crippen LogP contribution is -2.21. The van der Waals surface area contributed by atoms with E-state index in [1.54, 1.807) is 13.0 Å². The number of methoxy groups -OCH3 is 1. The number of aromatic nitrogens is 1. The molecule has 0 aliphatic carbocycles. The van der Waals surface area contributed by atoms with Crippen LogP contribution in [0.1, 0.15) is 17.2 Å². The van der Waals surface area contributed by atoms with E-state index in [9.17, 15) is 4.79 Å². The van der Waals surface area contributed by atoms with E-state index in [0.717, 1.165) is 5.56 Å². The first kappa shape index (κ1) is 10.5. The molecule has 0 amide bonds. The Hall–Kier alpha value is -1.62. The van der Waals surface area contributed by atoms with E-state index in [1.807, 2.05) is 0 Å². The van der Waals surface area contributed by atoms with Crippen molar-refractivity contribution in [1.29, 1.82) is 0 Å². The van der Waals surface area contributed by atoms with Crippen LogP contribution in [0.4, 0.5) is 0 Å². The molecule has 0 aliphatic heterocycles. The second kappa shape index (κ2) is 4.06. The van der Waals surface area contributed by atoms with Crippen molar-refractivity contribution >= 4 is 5.97 Å². The van der Waals surface area contributed by atoms with Gasteiger partial charge in [0, 0.05) is 17.8 Å². The molecule has 0 aromatic carbocycles. The van der Waals surface area contributed by atoms with Gasteiger partial charge >= 0.3 is 5.97 Å². The van der Waals surface area contributed by atoms with Crippen molar-refractivity contribution in [3.8, 4) is 5.88 Å². The molecule has 0 bridgehead atoms. The van der Waals surface area contributed by atoms with Crippen LogP contribution < -0.4 is 10.5 Å². The molecule has 1 aromatic rings. The van der Waals surface area contributed by atoms with E-state index >= 15 is 0 Å². The number of ether oxygens (including phenoxy) is 1. The minimum Gasteiger partial charge on any atom is -0.481 e. The van der Waals surface area contributed by atoms with Crippen molar-refractivity contribution in [3.63, 3.8) is 0 Å². The zero-order valence-electron chi connectivity index (χ0n) is 8.02. The summed E-state index contributed by atoms with van der Waals surface area (Å²) >= 11 is 0. The van der Waals surface area contributed by atoms with Gasteiger partial charge in [-0.3, -0.25) is 4.79 Å². The first-order chi connectivity index (χ1) is 6.56. The zero-order valence-corrected chi connectivity index (χ0v) is 8.02.